The van der Waals surface area contributed by atoms with Crippen LogP contribution in [0.3, 0.4) is 0 Å². The van der Waals surface area contributed by atoms with Crippen molar-refractivity contribution in [3.8, 4) is 0 Å². The second-order valence-corrected chi connectivity index (χ2v) is 7.88. The van der Waals surface area contributed by atoms with E-state index >= 15 is 0 Å². The number of allylic oxidation sites excluding steroid dienone is 3. The third-order valence-corrected chi connectivity index (χ3v) is 6.16. The van der Waals surface area contributed by atoms with Gasteiger partial charge in [0.1, 0.15) is 15.8 Å². The number of carbonyl (C=O) groups is 3. The molecule has 1 amide bonds. The van der Waals surface area contributed by atoms with Gasteiger partial charge in [0.2, 0.25) is 0 Å². The molecule has 2 aliphatic rings. The molecule has 0 unspecified atom stereocenters. The van der Waals surface area contributed by atoms with E-state index in [-0.39, 0.29) is 10.3 Å². The lowest BCUT2D eigenvalue weighted by Gasteiger charge is -2.18. The third-order valence-electron chi connectivity index (χ3n) is 3.53. The van der Waals surface area contributed by atoms with Gasteiger partial charge in [0.15, 0.2) is 0 Å². The topological polar surface area (TPSA) is 87.2 Å². The van der Waals surface area contributed by atoms with Gasteiger partial charge in [-0.25, -0.2) is 4.79 Å². The van der Waals surface area contributed by atoms with Gasteiger partial charge in [0.05, 0.1) is 16.5 Å². The molecule has 0 aromatic carbocycles. The molecular formula is C16H18N2O5S3. The minimum Gasteiger partial charge on any atom is -0.480 e. The Balaban J connectivity index is 2.21. The highest BCUT2D eigenvalue weighted by Gasteiger charge is 2.34. The number of amides is 1. The molecule has 1 saturated heterocycles. The number of rotatable bonds is 6. The predicted octanol–water partition coefficient (Wildman–Crippen LogP) is 2.52. The van der Waals surface area contributed by atoms with Crippen LogP contribution in [0.2, 0.25) is 0 Å². The molecule has 26 heavy (non-hydrogen) atoms. The average Bonchev–Trinajstić information content (AvgIpc) is 3.03. The number of aliphatic carboxylic acids is 1. The summed E-state index contributed by atoms with van der Waals surface area (Å²) in [5.74, 6) is -1.92. The number of esters is 1. The Labute approximate surface area is 165 Å². The Morgan fingerprint density at radius 3 is 2.50 bits per heavy atom. The fourth-order valence-corrected chi connectivity index (χ4v) is 4.67. The summed E-state index contributed by atoms with van der Waals surface area (Å²) in [6, 6.07) is 0. The van der Waals surface area contributed by atoms with E-state index < -0.39 is 18.4 Å². The molecule has 0 aliphatic carbocycles. The van der Waals surface area contributed by atoms with Crippen molar-refractivity contribution in [1.29, 1.82) is 0 Å². The van der Waals surface area contributed by atoms with Crippen molar-refractivity contribution in [1.82, 2.24) is 9.80 Å². The Morgan fingerprint density at radius 2 is 1.92 bits per heavy atom. The largest absolute Gasteiger partial charge is 0.480 e. The number of thiocarbonyl (C=S) groups is 1. The molecule has 0 spiro atoms. The van der Waals surface area contributed by atoms with Crippen LogP contribution in [0, 0.1) is 0 Å². The molecule has 0 aromatic rings. The second-order valence-electron chi connectivity index (χ2n) is 5.17. The van der Waals surface area contributed by atoms with Crippen molar-refractivity contribution in [2.75, 3.05) is 19.7 Å². The molecule has 1 fully saturated rings. The van der Waals surface area contributed by atoms with Crippen LogP contribution in [0.15, 0.2) is 32.7 Å². The zero-order chi connectivity index (χ0) is 19.4. The highest BCUT2D eigenvalue weighted by Crippen LogP contribution is 2.42. The first-order valence-electron chi connectivity index (χ1n) is 7.80. The number of carboxylic acid groups (broad SMARTS) is 1. The summed E-state index contributed by atoms with van der Waals surface area (Å²) >= 11 is 7.41. The van der Waals surface area contributed by atoms with Crippen LogP contribution in [0.1, 0.15) is 20.8 Å². The maximum atomic E-state index is 12.3. The number of ether oxygens (including phenoxy) is 1. The molecule has 2 rings (SSSR count). The van der Waals surface area contributed by atoms with Crippen molar-refractivity contribution in [3.63, 3.8) is 0 Å². The van der Waals surface area contributed by atoms with Gasteiger partial charge in [0, 0.05) is 12.2 Å². The lowest BCUT2D eigenvalue weighted by atomic mass is 10.3. The minimum absolute atomic E-state index is 0.218. The monoisotopic (exact) mass is 414 g/mol. The van der Waals surface area contributed by atoms with E-state index in [2.05, 4.69) is 0 Å². The molecule has 0 atom stereocenters. The minimum atomic E-state index is -1.12. The summed E-state index contributed by atoms with van der Waals surface area (Å²) in [5, 5.41) is 9.65. The smallest absolute Gasteiger partial charge is 0.346 e. The lowest BCUT2D eigenvalue weighted by Crippen LogP contribution is -2.33. The van der Waals surface area contributed by atoms with E-state index in [0.717, 1.165) is 27.4 Å². The first-order chi connectivity index (χ1) is 12.3. The maximum Gasteiger partial charge on any atom is 0.346 e. The Hall–Kier alpha value is -1.78. The number of carbonyl (C=O) groups excluding carboxylic acids is 2. The zero-order valence-electron chi connectivity index (χ0n) is 14.5. The first kappa shape index (κ1) is 20.5. The lowest BCUT2D eigenvalue weighted by molar-refractivity contribution is -0.140. The summed E-state index contributed by atoms with van der Waals surface area (Å²) in [6.07, 6.45) is 3.34. The molecule has 0 aromatic heterocycles. The molecule has 0 bridgehead atoms. The van der Waals surface area contributed by atoms with Crippen molar-refractivity contribution >= 4 is 57.9 Å². The van der Waals surface area contributed by atoms with Crippen molar-refractivity contribution < 1.29 is 24.2 Å². The molecule has 0 radical (unpaired) electrons. The molecule has 140 valence electrons. The average molecular weight is 415 g/mol. The third kappa shape index (κ3) is 4.30. The van der Waals surface area contributed by atoms with Crippen molar-refractivity contribution in [2.45, 2.75) is 20.8 Å². The Morgan fingerprint density at radius 1 is 1.23 bits per heavy atom. The van der Waals surface area contributed by atoms with Gasteiger partial charge in [0.25, 0.3) is 5.91 Å². The van der Waals surface area contributed by atoms with Gasteiger partial charge in [-0.05, 0) is 32.9 Å². The van der Waals surface area contributed by atoms with Gasteiger partial charge >= 0.3 is 11.9 Å². The van der Waals surface area contributed by atoms with Crippen molar-refractivity contribution in [3.05, 3.63) is 32.7 Å². The standard InChI is InChI=1S/C16H18N2O5S3/c1-4-17-9(3)13(15(22)23-5-2)26-11(17)7-6-10-14(21)18(8-12(19)20)16(24)25-10/h6-7H,4-5,8H2,1-3H3,(H,19,20)/b10-6+,11-7-. The zero-order valence-corrected chi connectivity index (χ0v) is 16.9. The van der Waals surface area contributed by atoms with Crippen LogP contribution in [0.5, 0.6) is 0 Å². The van der Waals surface area contributed by atoms with Crippen LogP contribution in [-0.2, 0) is 19.1 Å². The molecule has 10 heteroatoms. The van der Waals surface area contributed by atoms with Crippen LogP contribution in [-0.4, -0.2) is 56.8 Å². The number of nitrogens with zero attached hydrogens (tertiary/aromatic N) is 2. The van der Waals surface area contributed by atoms with Gasteiger partial charge in [-0.1, -0.05) is 35.7 Å². The van der Waals surface area contributed by atoms with E-state index in [0.29, 0.717) is 23.0 Å². The molecular weight excluding hydrogens is 396 g/mol. The van der Waals surface area contributed by atoms with Crippen LogP contribution < -0.4 is 0 Å². The van der Waals surface area contributed by atoms with E-state index in [1.54, 1.807) is 19.1 Å². The SMILES string of the molecule is CCOC(=O)C1=C(C)N(CC)/C(=C/C=C2/SC(=S)N(CC(=O)O)C2=O)S1. The predicted molar refractivity (Wildman–Crippen MR) is 105 cm³/mol. The normalized spacial score (nSPS) is 20.7. The maximum absolute atomic E-state index is 12.3. The summed E-state index contributed by atoms with van der Waals surface area (Å²) in [7, 11) is 0. The fourth-order valence-electron chi connectivity index (χ4n) is 2.36. The fraction of sp³-hybridized carbons (Fsp3) is 0.375. The first-order valence-corrected chi connectivity index (χ1v) is 9.85. The van der Waals surface area contributed by atoms with E-state index in [4.69, 9.17) is 22.1 Å². The second kappa shape index (κ2) is 8.74. The van der Waals surface area contributed by atoms with Gasteiger partial charge in [-0.3, -0.25) is 14.5 Å². The number of carboxylic acids is 1. The van der Waals surface area contributed by atoms with Gasteiger partial charge in [-0.15, -0.1) is 0 Å². The number of thioether (sulfide) groups is 2. The van der Waals surface area contributed by atoms with Crippen LogP contribution in [0.25, 0.3) is 0 Å². The van der Waals surface area contributed by atoms with E-state index in [1.807, 2.05) is 18.7 Å². The molecule has 1 N–H and O–H groups in total. The summed E-state index contributed by atoms with van der Waals surface area (Å²) in [5.41, 5.74) is 0.800. The van der Waals surface area contributed by atoms with E-state index in [9.17, 15) is 14.4 Å². The summed E-state index contributed by atoms with van der Waals surface area (Å²) in [4.78, 5) is 39.0. The number of hydrogen-bond donors (Lipinski definition) is 1. The molecule has 0 saturated carbocycles. The highest BCUT2D eigenvalue weighted by atomic mass is 32.2. The molecule has 2 aliphatic heterocycles. The van der Waals surface area contributed by atoms with Crippen LogP contribution in [0.4, 0.5) is 0 Å². The molecule has 7 nitrogen and oxygen atoms in total. The summed E-state index contributed by atoms with van der Waals surface area (Å²) in [6.45, 7) is 6.05. The van der Waals surface area contributed by atoms with Gasteiger partial charge in [-0.2, -0.15) is 0 Å². The Bertz CT molecular complexity index is 757. The van der Waals surface area contributed by atoms with Gasteiger partial charge < -0.3 is 14.7 Å². The quantitative estimate of drug-likeness (QED) is 0.400. The number of hydrogen-bond acceptors (Lipinski definition) is 8. The molecule has 2 heterocycles. The van der Waals surface area contributed by atoms with Crippen LogP contribution >= 0.6 is 35.7 Å². The van der Waals surface area contributed by atoms with Crippen molar-refractivity contribution in [2.24, 2.45) is 0 Å². The summed E-state index contributed by atoms with van der Waals surface area (Å²) < 4.78 is 5.29. The highest BCUT2D eigenvalue weighted by molar-refractivity contribution is 8.26. The Kier molecular flexibility index (Phi) is 6.90. The van der Waals surface area contributed by atoms with E-state index in [1.165, 1.54) is 11.8 Å².